The van der Waals surface area contributed by atoms with Crippen LogP contribution in [-0.2, 0) is 9.53 Å². The third kappa shape index (κ3) is 9.61. The van der Waals surface area contributed by atoms with E-state index in [-0.39, 0.29) is 18.5 Å². The smallest absolute Gasteiger partial charge is 0.317 e. The zero-order chi connectivity index (χ0) is 15.5. The molecule has 1 atom stereocenters. The van der Waals surface area contributed by atoms with Gasteiger partial charge in [-0.15, -0.1) is 0 Å². The Morgan fingerprint density at radius 2 is 1.95 bits per heavy atom. The highest BCUT2D eigenvalue weighted by atomic mass is 16.5. The molecule has 0 saturated heterocycles. The number of aliphatic carboxylic acids is 1. The van der Waals surface area contributed by atoms with Gasteiger partial charge in [0.25, 0.3) is 0 Å². The highest BCUT2D eigenvalue weighted by Crippen LogP contribution is 2.04. The molecule has 0 aromatic carbocycles. The fourth-order valence-corrected chi connectivity index (χ4v) is 1.85. The number of nitrogens with zero attached hydrogens (tertiary/aromatic N) is 1. The van der Waals surface area contributed by atoms with Gasteiger partial charge in [-0.05, 0) is 25.7 Å². The molecule has 0 saturated carbocycles. The molecule has 1 unspecified atom stereocenters. The minimum atomic E-state index is -0.801. The van der Waals surface area contributed by atoms with E-state index in [1.165, 1.54) is 0 Å². The summed E-state index contributed by atoms with van der Waals surface area (Å²) in [7, 11) is 1.61. The summed E-state index contributed by atoms with van der Waals surface area (Å²) in [5, 5.41) is 11.5. The number of ether oxygens (including phenoxy) is 1. The summed E-state index contributed by atoms with van der Waals surface area (Å²) in [6.07, 6.45) is 1.37. The lowest BCUT2D eigenvalue weighted by Gasteiger charge is -2.26. The van der Waals surface area contributed by atoms with Crippen LogP contribution in [0.15, 0.2) is 0 Å². The Balaban J connectivity index is 4.17. The summed E-state index contributed by atoms with van der Waals surface area (Å²) in [4.78, 5) is 24.3. The summed E-state index contributed by atoms with van der Waals surface area (Å²) < 4.78 is 5.01. The lowest BCUT2D eigenvalue weighted by Crippen LogP contribution is -2.46. The Morgan fingerprint density at radius 3 is 2.45 bits per heavy atom. The molecule has 0 aliphatic carbocycles. The fraction of sp³-hybridized carbons (Fsp3) is 0.857. The van der Waals surface area contributed by atoms with Crippen LogP contribution in [-0.4, -0.2) is 54.9 Å². The van der Waals surface area contributed by atoms with Crippen LogP contribution >= 0.6 is 0 Å². The van der Waals surface area contributed by atoms with Crippen molar-refractivity contribution in [1.29, 1.82) is 0 Å². The van der Waals surface area contributed by atoms with Crippen molar-refractivity contribution >= 4 is 12.0 Å². The number of rotatable bonds is 10. The maximum absolute atomic E-state index is 12.1. The zero-order valence-corrected chi connectivity index (χ0v) is 13.0. The second kappa shape index (κ2) is 10.5. The van der Waals surface area contributed by atoms with Gasteiger partial charge in [0.05, 0.1) is 6.61 Å². The van der Waals surface area contributed by atoms with Crippen LogP contribution in [0, 0.1) is 5.92 Å². The van der Waals surface area contributed by atoms with Gasteiger partial charge in [-0.1, -0.05) is 13.8 Å². The Hall–Kier alpha value is -1.30. The molecule has 0 radical (unpaired) electrons. The predicted octanol–water partition coefficient (Wildman–Crippen LogP) is 1.94. The van der Waals surface area contributed by atoms with Gasteiger partial charge < -0.3 is 20.1 Å². The van der Waals surface area contributed by atoms with Gasteiger partial charge in [-0.2, -0.15) is 0 Å². The Morgan fingerprint density at radius 1 is 1.30 bits per heavy atom. The Labute approximate surface area is 121 Å². The van der Waals surface area contributed by atoms with Gasteiger partial charge >= 0.3 is 12.0 Å². The summed E-state index contributed by atoms with van der Waals surface area (Å²) >= 11 is 0. The first-order chi connectivity index (χ1) is 9.36. The quantitative estimate of drug-likeness (QED) is 0.644. The van der Waals surface area contributed by atoms with Crippen molar-refractivity contribution in [3.63, 3.8) is 0 Å². The topological polar surface area (TPSA) is 78.9 Å². The second-order valence-corrected chi connectivity index (χ2v) is 5.47. The number of hydrogen-bond acceptors (Lipinski definition) is 3. The molecular formula is C14H28N2O4. The van der Waals surface area contributed by atoms with E-state index in [1.807, 2.05) is 6.92 Å². The number of carbonyl (C=O) groups is 2. The largest absolute Gasteiger partial charge is 0.481 e. The van der Waals surface area contributed by atoms with Gasteiger partial charge in [-0.3, -0.25) is 4.79 Å². The summed E-state index contributed by atoms with van der Waals surface area (Å²) in [6, 6.07) is -0.141. The molecule has 118 valence electrons. The predicted molar refractivity (Wildman–Crippen MR) is 77.8 cm³/mol. The van der Waals surface area contributed by atoms with Crippen LogP contribution in [0.5, 0.6) is 0 Å². The molecular weight excluding hydrogens is 260 g/mol. The van der Waals surface area contributed by atoms with Crippen molar-refractivity contribution in [1.82, 2.24) is 10.2 Å². The molecule has 2 amide bonds. The number of carboxylic acids is 1. The number of carboxylic acid groups (broad SMARTS) is 1. The van der Waals surface area contributed by atoms with E-state index in [9.17, 15) is 9.59 Å². The van der Waals surface area contributed by atoms with E-state index >= 15 is 0 Å². The van der Waals surface area contributed by atoms with Crippen molar-refractivity contribution in [3.05, 3.63) is 0 Å². The molecule has 0 aliphatic rings. The molecule has 6 heteroatoms. The van der Waals surface area contributed by atoms with Crippen LogP contribution in [0.2, 0.25) is 0 Å². The number of carbonyl (C=O) groups excluding carboxylic acids is 1. The maximum atomic E-state index is 12.1. The standard InChI is InChI=1S/C14H28N2O4/c1-11(2)10-16(8-9-20-4)14(19)15-12(3)6-5-7-13(17)18/h11-12H,5-10H2,1-4H3,(H,15,19)(H,17,18). The molecule has 0 spiro atoms. The van der Waals surface area contributed by atoms with E-state index in [2.05, 4.69) is 19.2 Å². The van der Waals surface area contributed by atoms with Crippen LogP contribution in [0.4, 0.5) is 4.79 Å². The van der Waals surface area contributed by atoms with Crippen molar-refractivity contribution in [2.45, 2.75) is 46.1 Å². The number of methoxy groups -OCH3 is 1. The first kappa shape index (κ1) is 18.7. The molecule has 0 heterocycles. The van der Waals surface area contributed by atoms with E-state index in [1.54, 1.807) is 12.0 Å². The van der Waals surface area contributed by atoms with E-state index < -0.39 is 5.97 Å². The van der Waals surface area contributed by atoms with Crippen LogP contribution in [0.25, 0.3) is 0 Å². The normalized spacial score (nSPS) is 12.2. The first-order valence-electron chi connectivity index (χ1n) is 7.13. The van der Waals surface area contributed by atoms with Gasteiger partial charge in [0.15, 0.2) is 0 Å². The van der Waals surface area contributed by atoms with Gasteiger partial charge in [-0.25, -0.2) is 4.79 Å². The Kier molecular flexibility index (Phi) is 9.80. The van der Waals surface area contributed by atoms with E-state index in [0.29, 0.717) is 38.5 Å². The number of hydrogen-bond donors (Lipinski definition) is 2. The van der Waals surface area contributed by atoms with Crippen molar-refractivity contribution in [3.8, 4) is 0 Å². The molecule has 0 aliphatic heterocycles. The Bertz CT molecular complexity index is 295. The van der Waals surface area contributed by atoms with Crippen molar-refractivity contribution in [2.24, 2.45) is 5.92 Å². The number of urea groups is 1. The molecule has 0 aromatic heterocycles. The summed E-state index contributed by atoms with van der Waals surface area (Å²) in [6.45, 7) is 7.75. The van der Waals surface area contributed by atoms with Crippen molar-refractivity contribution in [2.75, 3.05) is 26.8 Å². The lowest BCUT2D eigenvalue weighted by molar-refractivity contribution is -0.137. The van der Waals surface area contributed by atoms with Gasteiger partial charge in [0, 0.05) is 32.7 Å². The SMILES string of the molecule is COCCN(CC(C)C)C(=O)NC(C)CCCC(=O)O. The monoisotopic (exact) mass is 288 g/mol. The molecule has 0 bridgehead atoms. The average Bonchev–Trinajstić information content (AvgIpc) is 2.33. The fourth-order valence-electron chi connectivity index (χ4n) is 1.85. The van der Waals surface area contributed by atoms with E-state index in [0.717, 1.165) is 0 Å². The van der Waals surface area contributed by atoms with Crippen LogP contribution < -0.4 is 5.32 Å². The molecule has 6 nitrogen and oxygen atoms in total. The average molecular weight is 288 g/mol. The van der Waals surface area contributed by atoms with Gasteiger partial charge in [0.1, 0.15) is 0 Å². The van der Waals surface area contributed by atoms with E-state index in [4.69, 9.17) is 9.84 Å². The molecule has 0 fully saturated rings. The third-order valence-corrected chi connectivity index (χ3v) is 2.84. The molecule has 0 rings (SSSR count). The van der Waals surface area contributed by atoms with Crippen molar-refractivity contribution < 1.29 is 19.4 Å². The highest BCUT2D eigenvalue weighted by Gasteiger charge is 2.16. The number of nitrogens with one attached hydrogen (secondary N) is 1. The first-order valence-corrected chi connectivity index (χ1v) is 7.13. The summed E-state index contributed by atoms with van der Waals surface area (Å²) in [5.74, 6) is -0.412. The van der Waals surface area contributed by atoms with Crippen LogP contribution in [0.1, 0.15) is 40.0 Å². The molecule has 0 aromatic rings. The summed E-state index contributed by atoms with van der Waals surface area (Å²) in [5.41, 5.74) is 0. The maximum Gasteiger partial charge on any atom is 0.317 e. The minimum Gasteiger partial charge on any atom is -0.481 e. The highest BCUT2D eigenvalue weighted by molar-refractivity contribution is 5.74. The van der Waals surface area contributed by atoms with Crippen LogP contribution in [0.3, 0.4) is 0 Å². The molecule has 2 N–H and O–H groups in total. The lowest BCUT2D eigenvalue weighted by atomic mass is 10.1. The third-order valence-electron chi connectivity index (χ3n) is 2.84. The van der Waals surface area contributed by atoms with Gasteiger partial charge in [0.2, 0.25) is 0 Å². The zero-order valence-electron chi connectivity index (χ0n) is 13.0. The minimum absolute atomic E-state index is 0.0287. The molecule has 20 heavy (non-hydrogen) atoms. The second-order valence-electron chi connectivity index (χ2n) is 5.47. The number of amides is 2.